The SMILES string of the molecule is CN(C)S(=O)(=O)c1ccc(C(=O)N2CCC[C@H]2C(=O)O)o1. The highest BCUT2D eigenvalue weighted by Crippen LogP contribution is 2.23. The molecule has 1 aromatic rings. The normalized spacial score (nSPS) is 19.2. The van der Waals surface area contributed by atoms with E-state index in [1.165, 1.54) is 31.1 Å². The second-order valence-electron chi connectivity index (χ2n) is 4.90. The Kier molecular flexibility index (Phi) is 4.06. The van der Waals surface area contributed by atoms with Gasteiger partial charge in [0.15, 0.2) is 5.76 Å². The molecule has 1 fully saturated rings. The second-order valence-corrected chi connectivity index (χ2v) is 6.98. The summed E-state index contributed by atoms with van der Waals surface area (Å²) in [6.45, 7) is 0.312. The zero-order valence-electron chi connectivity index (χ0n) is 11.6. The molecule has 2 heterocycles. The van der Waals surface area contributed by atoms with E-state index in [4.69, 9.17) is 9.52 Å². The Labute approximate surface area is 122 Å². The van der Waals surface area contributed by atoms with Gasteiger partial charge in [0.2, 0.25) is 5.09 Å². The van der Waals surface area contributed by atoms with Crippen LogP contribution >= 0.6 is 0 Å². The van der Waals surface area contributed by atoms with Crippen molar-refractivity contribution in [1.29, 1.82) is 0 Å². The number of carbonyl (C=O) groups is 2. The van der Waals surface area contributed by atoms with Crippen molar-refractivity contribution in [1.82, 2.24) is 9.21 Å². The number of carboxylic acid groups (broad SMARTS) is 1. The highest BCUT2D eigenvalue weighted by Gasteiger charge is 2.36. The third kappa shape index (κ3) is 2.79. The topological polar surface area (TPSA) is 108 Å². The predicted molar refractivity (Wildman–Crippen MR) is 71.3 cm³/mol. The summed E-state index contributed by atoms with van der Waals surface area (Å²) in [5, 5.41) is 8.71. The van der Waals surface area contributed by atoms with Crippen LogP contribution in [0.25, 0.3) is 0 Å². The van der Waals surface area contributed by atoms with E-state index >= 15 is 0 Å². The number of hydrogen-bond acceptors (Lipinski definition) is 5. The Hall–Kier alpha value is -1.87. The Morgan fingerprint density at radius 3 is 2.62 bits per heavy atom. The van der Waals surface area contributed by atoms with Gasteiger partial charge in [-0.3, -0.25) is 4.79 Å². The van der Waals surface area contributed by atoms with Crippen molar-refractivity contribution in [2.24, 2.45) is 0 Å². The first-order valence-corrected chi connectivity index (χ1v) is 7.75. The lowest BCUT2D eigenvalue weighted by atomic mass is 10.2. The second kappa shape index (κ2) is 5.49. The van der Waals surface area contributed by atoms with Gasteiger partial charge >= 0.3 is 5.97 Å². The summed E-state index contributed by atoms with van der Waals surface area (Å²) in [5.74, 6) is -1.86. The summed E-state index contributed by atoms with van der Waals surface area (Å²) in [4.78, 5) is 24.5. The molecule has 1 aliphatic heterocycles. The average molecular weight is 316 g/mol. The van der Waals surface area contributed by atoms with Crippen LogP contribution in [0.15, 0.2) is 21.6 Å². The average Bonchev–Trinajstić information content (AvgIpc) is 3.07. The smallest absolute Gasteiger partial charge is 0.326 e. The molecule has 8 nitrogen and oxygen atoms in total. The molecule has 0 radical (unpaired) electrons. The maximum absolute atomic E-state index is 12.2. The fourth-order valence-electron chi connectivity index (χ4n) is 2.16. The summed E-state index contributed by atoms with van der Waals surface area (Å²) < 4.78 is 29.8. The molecule has 0 bridgehead atoms. The molecule has 9 heteroatoms. The molecule has 21 heavy (non-hydrogen) atoms. The van der Waals surface area contributed by atoms with Crippen LogP contribution in [-0.2, 0) is 14.8 Å². The predicted octanol–water partition coefficient (Wildman–Crippen LogP) is 0.219. The van der Waals surface area contributed by atoms with E-state index in [9.17, 15) is 18.0 Å². The molecule has 1 aromatic heterocycles. The zero-order chi connectivity index (χ0) is 15.8. The fraction of sp³-hybridized carbons (Fsp3) is 0.500. The van der Waals surface area contributed by atoms with E-state index < -0.39 is 27.9 Å². The van der Waals surface area contributed by atoms with Gasteiger partial charge in [-0.05, 0) is 25.0 Å². The molecule has 1 atom stereocenters. The molecule has 0 aliphatic carbocycles. The lowest BCUT2D eigenvalue weighted by molar-refractivity contribution is -0.141. The van der Waals surface area contributed by atoms with E-state index in [-0.39, 0.29) is 10.9 Å². The molecular formula is C12H16N2O6S. The molecule has 1 amide bonds. The van der Waals surface area contributed by atoms with E-state index in [1.54, 1.807) is 0 Å². The first kappa shape index (κ1) is 15.5. The Morgan fingerprint density at radius 1 is 1.38 bits per heavy atom. The summed E-state index contributed by atoms with van der Waals surface area (Å²) in [6, 6.07) is 1.54. The van der Waals surface area contributed by atoms with Crippen LogP contribution < -0.4 is 0 Å². The molecule has 0 aromatic carbocycles. The molecule has 2 rings (SSSR count). The number of sulfonamides is 1. The van der Waals surface area contributed by atoms with E-state index in [1.807, 2.05) is 0 Å². The third-order valence-corrected chi connectivity index (χ3v) is 5.02. The molecule has 1 N–H and O–H groups in total. The molecule has 1 saturated heterocycles. The summed E-state index contributed by atoms with van der Waals surface area (Å²) in [5.41, 5.74) is 0. The monoisotopic (exact) mass is 316 g/mol. The molecule has 0 unspecified atom stereocenters. The summed E-state index contributed by atoms with van der Waals surface area (Å²) in [6.07, 6.45) is 0.969. The van der Waals surface area contributed by atoms with E-state index in [0.717, 1.165) is 4.31 Å². The van der Waals surface area contributed by atoms with E-state index in [2.05, 4.69) is 0 Å². The number of amides is 1. The van der Waals surface area contributed by atoms with Crippen molar-refractivity contribution < 1.29 is 27.5 Å². The lowest BCUT2D eigenvalue weighted by Gasteiger charge is -2.19. The summed E-state index contributed by atoms with van der Waals surface area (Å²) >= 11 is 0. The van der Waals surface area contributed by atoms with Crippen LogP contribution in [-0.4, -0.2) is 61.3 Å². The van der Waals surface area contributed by atoms with Gasteiger partial charge in [0.25, 0.3) is 15.9 Å². The minimum Gasteiger partial charge on any atom is -0.480 e. The van der Waals surface area contributed by atoms with Gasteiger partial charge in [0.05, 0.1) is 0 Å². The lowest BCUT2D eigenvalue weighted by Crippen LogP contribution is -2.40. The number of carbonyl (C=O) groups excluding carboxylic acids is 1. The van der Waals surface area contributed by atoms with Gasteiger partial charge in [-0.15, -0.1) is 0 Å². The van der Waals surface area contributed by atoms with Crippen molar-refractivity contribution in [3.05, 3.63) is 17.9 Å². The van der Waals surface area contributed by atoms with Crippen LogP contribution in [0.3, 0.4) is 0 Å². The van der Waals surface area contributed by atoms with Crippen molar-refractivity contribution in [2.75, 3.05) is 20.6 Å². The number of hydrogen-bond donors (Lipinski definition) is 1. The number of nitrogens with zero attached hydrogens (tertiary/aromatic N) is 2. The number of likely N-dealkylation sites (tertiary alicyclic amines) is 1. The first-order valence-electron chi connectivity index (χ1n) is 6.31. The van der Waals surface area contributed by atoms with Crippen LogP contribution in [0, 0.1) is 0 Å². The van der Waals surface area contributed by atoms with Crippen molar-refractivity contribution in [2.45, 2.75) is 24.0 Å². The quantitative estimate of drug-likeness (QED) is 0.851. The highest BCUT2D eigenvalue weighted by atomic mass is 32.2. The molecule has 116 valence electrons. The molecule has 0 spiro atoms. The molecule has 0 saturated carbocycles. The summed E-state index contributed by atoms with van der Waals surface area (Å²) in [7, 11) is -1.07. The van der Waals surface area contributed by atoms with Gasteiger partial charge in [0, 0.05) is 20.6 Å². The number of rotatable bonds is 4. The maximum atomic E-state index is 12.2. The molecular weight excluding hydrogens is 300 g/mol. The van der Waals surface area contributed by atoms with Crippen LogP contribution in [0.5, 0.6) is 0 Å². The van der Waals surface area contributed by atoms with Crippen molar-refractivity contribution >= 4 is 21.9 Å². The fourth-order valence-corrected chi connectivity index (χ4v) is 2.96. The number of furan rings is 1. The largest absolute Gasteiger partial charge is 0.480 e. The van der Waals surface area contributed by atoms with Gasteiger partial charge in [-0.25, -0.2) is 17.5 Å². The highest BCUT2D eigenvalue weighted by molar-refractivity contribution is 7.88. The Balaban J connectivity index is 2.26. The van der Waals surface area contributed by atoms with Crippen LogP contribution in [0.1, 0.15) is 23.4 Å². The minimum absolute atomic E-state index is 0.177. The van der Waals surface area contributed by atoms with Crippen LogP contribution in [0.2, 0.25) is 0 Å². The van der Waals surface area contributed by atoms with Gasteiger partial charge in [-0.2, -0.15) is 0 Å². The molecule has 1 aliphatic rings. The first-order chi connectivity index (χ1) is 9.75. The van der Waals surface area contributed by atoms with Crippen molar-refractivity contribution in [3.8, 4) is 0 Å². The van der Waals surface area contributed by atoms with Gasteiger partial charge in [-0.1, -0.05) is 0 Å². The zero-order valence-corrected chi connectivity index (χ0v) is 12.5. The standard InChI is InChI=1S/C12H16N2O6S/c1-13(2)21(18,19)10-6-5-9(20-10)11(15)14-7-3-4-8(14)12(16)17/h5-6,8H,3-4,7H2,1-2H3,(H,16,17)/t8-/m0/s1. The van der Waals surface area contributed by atoms with Crippen LogP contribution in [0.4, 0.5) is 0 Å². The van der Waals surface area contributed by atoms with Crippen molar-refractivity contribution in [3.63, 3.8) is 0 Å². The maximum Gasteiger partial charge on any atom is 0.326 e. The number of aliphatic carboxylic acids is 1. The van der Waals surface area contributed by atoms with Gasteiger partial charge in [0.1, 0.15) is 6.04 Å². The van der Waals surface area contributed by atoms with Gasteiger partial charge < -0.3 is 14.4 Å². The third-order valence-electron chi connectivity index (χ3n) is 3.33. The minimum atomic E-state index is -3.76. The Bertz CT molecular complexity index is 663. The Morgan fingerprint density at radius 2 is 2.05 bits per heavy atom. The van der Waals surface area contributed by atoms with E-state index in [0.29, 0.717) is 19.4 Å². The number of carboxylic acids is 1.